The number of ether oxygens (including phenoxy) is 1. The van der Waals surface area contributed by atoms with Crippen LogP contribution in [0.15, 0.2) is 4.99 Å². The van der Waals surface area contributed by atoms with Gasteiger partial charge >= 0.3 is 5.97 Å². The van der Waals surface area contributed by atoms with Crippen molar-refractivity contribution >= 4 is 12.2 Å². The molecule has 0 radical (unpaired) electrons. The molecule has 4 nitrogen and oxygen atoms in total. The number of unbranched alkanes of at least 4 members (excludes halogenated alkanes) is 2. The van der Waals surface area contributed by atoms with Gasteiger partial charge in [0.2, 0.25) is 0 Å². The molecule has 98 valence electrons. The van der Waals surface area contributed by atoms with E-state index in [2.05, 4.69) is 22.9 Å². The second-order valence-electron chi connectivity index (χ2n) is 3.80. The first-order chi connectivity index (χ1) is 8.70. The number of hydrogen-bond acceptors (Lipinski definition) is 4. The van der Waals surface area contributed by atoms with Gasteiger partial charge in [0.25, 0.3) is 0 Å². The summed E-state index contributed by atoms with van der Waals surface area (Å²) in [4.78, 5) is 15.3. The summed E-state index contributed by atoms with van der Waals surface area (Å²) >= 11 is 0. The average Bonchev–Trinajstić information content (AvgIpc) is 2.35. The molecule has 0 spiro atoms. The van der Waals surface area contributed by atoms with E-state index < -0.39 is 0 Å². The van der Waals surface area contributed by atoms with Crippen LogP contribution in [0.25, 0.3) is 0 Å². The molecule has 4 heteroatoms. The zero-order valence-corrected chi connectivity index (χ0v) is 11.1. The average molecular weight is 248 g/mol. The van der Waals surface area contributed by atoms with Crippen LogP contribution in [0.1, 0.15) is 46.0 Å². The summed E-state index contributed by atoms with van der Waals surface area (Å²) in [5.74, 6) is 5.56. The summed E-state index contributed by atoms with van der Waals surface area (Å²) in [6.45, 7) is 4.15. The lowest BCUT2D eigenvalue weighted by Crippen LogP contribution is -2.07. The Hall–Kier alpha value is -1.81. The van der Waals surface area contributed by atoms with E-state index >= 15 is 0 Å². The van der Waals surface area contributed by atoms with E-state index in [0.29, 0.717) is 25.9 Å². The second kappa shape index (κ2) is 11.7. The van der Waals surface area contributed by atoms with Gasteiger partial charge in [-0.1, -0.05) is 11.8 Å². The Bertz CT molecular complexity index is 358. The molecule has 0 aliphatic carbocycles. The minimum absolute atomic E-state index is 0.0721. The van der Waals surface area contributed by atoms with Crippen molar-refractivity contribution in [3.05, 3.63) is 0 Å². The monoisotopic (exact) mass is 248 g/mol. The molecule has 0 bridgehead atoms. The van der Waals surface area contributed by atoms with Gasteiger partial charge in [-0.2, -0.15) is 5.26 Å². The molecule has 0 aromatic carbocycles. The maximum atomic E-state index is 11.1. The van der Waals surface area contributed by atoms with Gasteiger partial charge in [-0.05, 0) is 26.7 Å². The van der Waals surface area contributed by atoms with Gasteiger partial charge in [-0.25, -0.2) is 0 Å². The second-order valence-corrected chi connectivity index (χ2v) is 3.80. The number of aliphatic imine (C=N–C) groups is 1. The molecule has 0 aliphatic heterocycles. The Labute approximate surface area is 109 Å². The number of esters is 1. The van der Waals surface area contributed by atoms with Crippen LogP contribution in [-0.2, 0) is 9.53 Å². The van der Waals surface area contributed by atoms with Crippen molar-refractivity contribution in [1.29, 1.82) is 5.26 Å². The Morgan fingerprint density at radius 2 is 2.28 bits per heavy atom. The molecule has 1 unspecified atom stereocenters. The molecule has 0 saturated heterocycles. The molecule has 0 amide bonds. The van der Waals surface area contributed by atoms with Crippen LogP contribution in [0.4, 0.5) is 0 Å². The summed E-state index contributed by atoms with van der Waals surface area (Å²) in [5, 5.41) is 8.32. The lowest BCUT2D eigenvalue weighted by molar-refractivity contribution is -0.143. The highest BCUT2D eigenvalue weighted by atomic mass is 16.5. The molecule has 0 rings (SSSR count). The fraction of sp³-hybridized carbons (Fsp3) is 0.643. The van der Waals surface area contributed by atoms with Gasteiger partial charge in [-0.15, -0.1) is 0 Å². The standard InChI is InChI=1S/C14H20N2O2/c1-3-18-14(17)10-9-13(2)16-12-8-6-4-5-7-11-15/h12-13H,3-5,7,9-10H2,1-2H3. The third kappa shape index (κ3) is 10.7. The first kappa shape index (κ1) is 16.2. The third-order valence-electron chi connectivity index (χ3n) is 2.16. The van der Waals surface area contributed by atoms with Crippen LogP contribution >= 0.6 is 0 Å². The van der Waals surface area contributed by atoms with Crippen molar-refractivity contribution in [3.8, 4) is 17.9 Å². The van der Waals surface area contributed by atoms with E-state index in [4.69, 9.17) is 10.00 Å². The van der Waals surface area contributed by atoms with Crippen LogP contribution in [-0.4, -0.2) is 24.8 Å². The molecule has 0 fully saturated rings. The molecule has 0 aliphatic rings. The molecule has 18 heavy (non-hydrogen) atoms. The fourth-order valence-corrected chi connectivity index (χ4v) is 1.17. The van der Waals surface area contributed by atoms with Crippen LogP contribution in [0.5, 0.6) is 0 Å². The predicted molar refractivity (Wildman–Crippen MR) is 71.1 cm³/mol. The van der Waals surface area contributed by atoms with Crippen LogP contribution < -0.4 is 0 Å². The van der Waals surface area contributed by atoms with Crippen molar-refractivity contribution in [1.82, 2.24) is 0 Å². The Kier molecular flexibility index (Phi) is 10.5. The Balaban J connectivity index is 3.70. The van der Waals surface area contributed by atoms with Gasteiger partial charge in [-0.3, -0.25) is 9.79 Å². The number of nitrogens with zero attached hydrogens (tertiary/aromatic N) is 2. The number of hydrogen-bond donors (Lipinski definition) is 0. The summed E-state index contributed by atoms with van der Waals surface area (Å²) in [6, 6.07) is 2.14. The van der Waals surface area contributed by atoms with Crippen molar-refractivity contribution in [3.63, 3.8) is 0 Å². The first-order valence-corrected chi connectivity index (χ1v) is 6.23. The topological polar surface area (TPSA) is 62.4 Å². The summed E-state index contributed by atoms with van der Waals surface area (Å²) in [5.41, 5.74) is 0. The number of carbonyl (C=O) groups excluding carboxylic acids is 1. The molecule has 0 aromatic rings. The molecule has 0 heterocycles. The SMILES string of the molecule is CCOC(=O)CCC(C)N=CC#CCCCC#N. The Morgan fingerprint density at radius 3 is 2.94 bits per heavy atom. The highest BCUT2D eigenvalue weighted by Crippen LogP contribution is 2.01. The van der Waals surface area contributed by atoms with Gasteiger partial charge in [0.1, 0.15) is 0 Å². The maximum Gasteiger partial charge on any atom is 0.305 e. The molecular formula is C14H20N2O2. The normalized spacial score (nSPS) is 11.4. The van der Waals surface area contributed by atoms with E-state index in [9.17, 15) is 4.79 Å². The number of carbonyl (C=O) groups is 1. The Morgan fingerprint density at radius 1 is 1.50 bits per heavy atom. The van der Waals surface area contributed by atoms with E-state index in [1.54, 1.807) is 13.1 Å². The molecule has 0 saturated carbocycles. The number of rotatable bonds is 7. The van der Waals surface area contributed by atoms with Crippen LogP contribution in [0.3, 0.4) is 0 Å². The zero-order valence-electron chi connectivity index (χ0n) is 11.1. The summed E-state index contributed by atoms with van der Waals surface area (Å²) < 4.78 is 4.83. The summed E-state index contributed by atoms with van der Waals surface area (Å²) in [6.07, 6.45) is 4.70. The minimum Gasteiger partial charge on any atom is -0.466 e. The van der Waals surface area contributed by atoms with E-state index in [-0.39, 0.29) is 12.0 Å². The largest absolute Gasteiger partial charge is 0.466 e. The van der Waals surface area contributed by atoms with Gasteiger partial charge < -0.3 is 4.74 Å². The lowest BCUT2D eigenvalue weighted by Gasteiger charge is -2.04. The van der Waals surface area contributed by atoms with Gasteiger partial charge in [0, 0.05) is 25.3 Å². The quantitative estimate of drug-likeness (QED) is 0.301. The highest BCUT2D eigenvalue weighted by molar-refractivity contribution is 5.78. The zero-order chi connectivity index (χ0) is 13.6. The van der Waals surface area contributed by atoms with Crippen molar-refractivity contribution in [2.75, 3.05) is 6.61 Å². The van der Waals surface area contributed by atoms with Gasteiger partial charge in [0.05, 0.1) is 18.9 Å². The first-order valence-electron chi connectivity index (χ1n) is 6.23. The summed E-state index contributed by atoms with van der Waals surface area (Å²) in [7, 11) is 0. The van der Waals surface area contributed by atoms with E-state index in [1.807, 2.05) is 6.92 Å². The molecular weight excluding hydrogens is 228 g/mol. The fourth-order valence-electron chi connectivity index (χ4n) is 1.17. The predicted octanol–water partition coefficient (Wildman–Crippen LogP) is 2.49. The molecule has 0 N–H and O–H groups in total. The van der Waals surface area contributed by atoms with Gasteiger partial charge in [0.15, 0.2) is 0 Å². The van der Waals surface area contributed by atoms with E-state index in [0.717, 1.165) is 12.8 Å². The number of nitriles is 1. The minimum atomic E-state index is -0.179. The van der Waals surface area contributed by atoms with Crippen LogP contribution in [0.2, 0.25) is 0 Å². The molecule has 1 atom stereocenters. The highest BCUT2D eigenvalue weighted by Gasteiger charge is 2.04. The lowest BCUT2D eigenvalue weighted by atomic mass is 10.2. The van der Waals surface area contributed by atoms with E-state index in [1.165, 1.54) is 0 Å². The van der Waals surface area contributed by atoms with Crippen molar-refractivity contribution in [2.24, 2.45) is 4.99 Å². The smallest absolute Gasteiger partial charge is 0.305 e. The molecule has 0 aromatic heterocycles. The third-order valence-corrected chi connectivity index (χ3v) is 2.16. The maximum absolute atomic E-state index is 11.1. The van der Waals surface area contributed by atoms with Crippen molar-refractivity contribution < 1.29 is 9.53 Å². The van der Waals surface area contributed by atoms with Crippen LogP contribution in [0, 0.1) is 23.2 Å². The van der Waals surface area contributed by atoms with Crippen molar-refractivity contribution in [2.45, 2.75) is 52.0 Å².